The van der Waals surface area contributed by atoms with Crippen molar-refractivity contribution in [3.8, 4) is 0 Å². The summed E-state index contributed by atoms with van der Waals surface area (Å²) in [6, 6.07) is 0.755. The van der Waals surface area contributed by atoms with Crippen LogP contribution in [0.4, 0.5) is 0 Å². The first-order chi connectivity index (χ1) is 9.04. The number of likely N-dealkylation sites (N-methyl/N-ethyl adjacent to an activating group) is 1. The third-order valence-electron chi connectivity index (χ3n) is 3.89. The van der Waals surface area contributed by atoms with Crippen molar-refractivity contribution in [1.29, 1.82) is 0 Å². The van der Waals surface area contributed by atoms with Gasteiger partial charge in [-0.25, -0.2) is 0 Å². The van der Waals surface area contributed by atoms with E-state index in [2.05, 4.69) is 49.6 Å². The molecule has 19 heavy (non-hydrogen) atoms. The predicted molar refractivity (Wildman–Crippen MR) is 86.8 cm³/mol. The normalized spacial score (nSPS) is 21.6. The van der Waals surface area contributed by atoms with Crippen molar-refractivity contribution in [2.75, 3.05) is 53.4 Å². The van der Waals surface area contributed by atoms with Crippen LogP contribution in [0.2, 0.25) is 0 Å². The Balaban J connectivity index is 0.00000154. The second-order valence-corrected chi connectivity index (χ2v) is 5.90. The standard InChI is InChI=1S/C14H31N3.C2H6/c1-6-16-10-11-17(9-7-8-15(4)5)14(12-16)13(2)3;1-2/h13-14H,6-12H2,1-5H3;1-2H3/t14-;/m1./s1. The molecule has 0 saturated carbocycles. The Morgan fingerprint density at radius 3 is 2.26 bits per heavy atom. The van der Waals surface area contributed by atoms with Gasteiger partial charge in [-0.2, -0.15) is 0 Å². The summed E-state index contributed by atoms with van der Waals surface area (Å²) in [4.78, 5) is 7.58. The SMILES string of the molecule is CC.CCN1CCN(CCCN(C)C)[C@@H](C(C)C)C1. The molecule has 1 saturated heterocycles. The smallest absolute Gasteiger partial charge is 0.0246 e. The molecule has 0 N–H and O–H groups in total. The highest BCUT2D eigenvalue weighted by atomic mass is 15.3. The molecule has 1 aliphatic heterocycles. The average molecular weight is 271 g/mol. The maximum atomic E-state index is 2.71. The van der Waals surface area contributed by atoms with Gasteiger partial charge < -0.3 is 9.80 Å². The van der Waals surface area contributed by atoms with Gasteiger partial charge in [-0.3, -0.25) is 4.90 Å². The van der Waals surface area contributed by atoms with Gasteiger partial charge in [-0.15, -0.1) is 0 Å². The Kier molecular flexibility index (Phi) is 10.6. The van der Waals surface area contributed by atoms with Gasteiger partial charge in [0.2, 0.25) is 0 Å². The molecule has 0 aliphatic carbocycles. The predicted octanol–water partition coefficient (Wildman–Crippen LogP) is 2.63. The fraction of sp³-hybridized carbons (Fsp3) is 1.00. The molecule has 0 radical (unpaired) electrons. The van der Waals surface area contributed by atoms with E-state index in [0.717, 1.165) is 12.0 Å². The molecule has 1 fully saturated rings. The van der Waals surface area contributed by atoms with Crippen LogP contribution in [0.3, 0.4) is 0 Å². The quantitative estimate of drug-likeness (QED) is 0.735. The molecule has 0 aromatic rings. The minimum absolute atomic E-state index is 0.755. The fourth-order valence-electron chi connectivity index (χ4n) is 2.69. The molecular formula is C16H37N3. The largest absolute Gasteiger partial charge is 0.309 e. The highest BCUT2D eigenvalue weighted by Crippen LogP contribution is 2.17. The Morgan fingerprint density at radius 2 is 1.79 bits per heavy atom. The van der Waals surface area contributed by atoms with Gasteiger partial charge in [0.15, 0.2) is 0 Å². The van der Waals surface area contributed by atoms with Crippen LogP contribution in [-0.4, -0.2) is 74.1 Å². The minimum atomic E-state index is 0.755. The first kappa shape index (κ1) is 18.9. The van der Waals surface area contributed by atoms with Gasteiger partial charge in [0.1, 0.15) is 0 Å². The molecule has 1 aliphatic rings. The summed E-state index contributed by atoms with van der Waals surface area (Å²) in [5.41, 5.74) is 0. The van der Waals surface area contributed by atoms with Crippen molar-refractivity contribution < 1.29 is 0 Å². The minimum Gasteiger partial charge on any atom is -0.309 e. The Hall–Kier alpha value is -0.120. The Morgan fingerprint density at radius 1 is 1.16 bits per heavy atom. The summed E-state index contributed by atoms with van der Waals surface area (Å²) in [6.07, 6.45) is 1.29. The van der Waals surface area contributed by atoms with E-state index in [9.17, 15) is 0 Å². The van der Waals surface area contributed by atoms with Crippen molar-refractivity contribution in [2.24, 2.45) is 5.92 Å². The molecule has 0 bridgehead atoms. The summed E-state index contributed by atoms with van der Waals surface area (Å²) in [5.74, 6) is 0.767. The van der Waals surface area contributed by atoms with Crippen LogP contribution in [0.1, 0.15) is 41.0 Å². The zero-order valence-electron chi connectivity index (χ0n) is 14.4. The van der Waals surface area contributed by atoms with Crippen molar-refractivity contribution >= 4 is 0 Å². The summed E-state index contributed by atoms with van der Waals surface area (Å²) < 4.78 is 0. The lowest BCUT2D eigenvalue weighted by atomic mass is 9.99. The lowest BCUT2D eigenvalue weighted by Gasteiger charge is -2.43. The number of nitrogens with zero attached hydrogens (tertiary/aromatic N) is 3. The van der Waals surface area contributed by atoms with Crippen molar-refractivity contribution in [1.82, 2.24) is 14.7 Å². The number of hydrogen-bond acceptors (Lipinski definition) is 3. The van der Waals surface area contributed by atoms with Gasteiger partial charge in [0.05, 0.1) is 0 Å². The number of piperazine rings is 1. The maximum Gasteiger partial charge on any atom is 0.0246 e. The molecule has 1 heterocycles. The van der Waals surface area contributed by atoms with E-state index < -0.39 is 0 Å². The second-order valence-electron chi connectivity index (χ2n) is 5.90. The molecule has 1 atom stereocenters. The zero-order valence-corrected chi connectivity index (χ0v) is 14.4. The van der Waals surface area contributed by atoms with Crippen LogP contribution >= 0.6 is 0 Å². The Labute approximate surface area is 121 Å². The average Bonchev–Trinajstić information content (AvgIpc) is 2.40. The van der Waals surface area contributed by atoms with Gasteiger partial charge >= 0.3 is 0 Å². The molecule has 0 unspecified atom stereocenters. The summed E-state index contributed by atoms with van der Waals surface area (Å²) in [6.45, 7) is 18.4. The zero-order chi connectivity index (χ0) is 14.8. The Bertz CT molecular complexity index is 204. The molecule has 0 aromatic heterocycles. The van der Waals surface area contributed by atoms with E-state index >= 15 is 0 Å². The van der Waals surface area contributed by atoms with Crippen LogP contribution in [0, 0.1) is 5.92 Å². The molecule has 1 rings (SSSR count). The molecule has 3 nitrogen and oxygen atoms in total. The van der Waals surface area contributed by atoms with E-state index in [1.165, 1.54) is 45.7 Å². The van der Waals surface area contributed by atoms with E-state index in [0.29, 0.717) is 0 Å². The van der Waals surface area contributed by atoms with E-state index in [1.54, 1.807) is 0 Å². The number of rotatable bonds is 6. The lowest BCUT2D eigenvalue weighted by molar-refractivity contribution is 0.0506. The van der Waals surface area contributed by atoms with Crippen LogP contribution in [0.5, 0.6) is 0 Å². The maximum absolute atomic E-state index is 2.71. The van der Waals surface area contributed by atoms with E-state index in [1.807, 2.05) is 13.8 Å². The summed E-state index contributed by atoms with van der Waals surface area (Å²) in [5, 5.41) is 0. The van der Waals surface area contributed by atoms with Crippen molar-refractivity contribution in [3.63, 3.8) is 0 Å². The number of hydrogen-bond donors (Lipinski definition) is 0. The van der Waals surface area contributed by atoms with Gasteiger partial charge in [0, 0.05) is 25.7 Å². The summed E-state index contributed by atoms with van der Waals surface area (Å²) >= 11 is 0. The monoisotopic (exact) mass is 271 g/mol. The van der Waals surface area contributed by atoms with Crippen LogP contribution in [-0.2, 0) is 0 Å². The van der Waals surface area contributed by atoms with Crippen LogP contribution < -0.4 is 0 Å². The highest BCUT2D eigenvalue weighted by molar-refractivity contribution is 4.83. The molecule has 0 aromatic carbocycles. The van der Waals surface area contributed by atoms with Gasteiger partial charge in [0.25, 0.3) is 0 Å². The van der Waals surface area contributed by atoms with E-state index in [-0.39, 0.29) is 0 Å². The molecule has 0 spiro atoms. The third-order valence-corrected chi connectivity index (χ3v) is 3.89. The van der Waals surface area contributed by atoms with Crippen LogP contribution in [0.15, 0.2) is 0 Å². The second kappa shape index (κ2) is 10.6. The van der Waals surface area contributed by atoms with Gasteiger partial charge in [-0.1, -0.05) is 34.6 Å². The molecule has 116 valence electrons. The molecule has 0 amide bonds. The first-order valence-corrected chi connectivity index (χ1v) is 8.15. The first-order valence-electron chi connectivity index (χ1n) is 8.15. The lowest BCUT2D eigenvalue weighted by Crippen LogP contribution is -2.55. The molecular weight excluding hydrogens is 234 g/mol. The van der Waals surface area contributed by atoms with Crippen molar-refractivity contribution in [2.45, 2.75) is 47.1 Å². The van der Waals surface area contributed by atoms with Crippen LogP contribution in [0.25, 0.3) is 0 Å². The summed E-state index contributed by atoms with van der Waals surface area (Å²) in [7, 11) is 4.32. The van der Waals surface area contributed by atoms with Gasteiger partial charge in [-0.05, 0) is 46.1 Å². The van der Waals surface area contributed by atoms with E-state index in [4.69, 9.17) is 0 Å². The highest BCUT2D eigenvalue weighted by Gasteiger charge is 2.27. The molecule has 3 heteroatoms. The third kappa shape index (κ3) is 7.28. The topological polar surface area (TPSA) is 9.72 Å². The van der Waals surface area contributed by atoms with Crippen molar-refractivity contribution in [3.05, 3.63) is 0 Å². The fourth-order valence-corrected chi connectivity index (χ4v) is 2.69.